The van der Waals surface area contributed by atoms with Crippen molar-refractivity contribution >= 4 is 38.0 Å². The van der Waals surface area contributed by atoms with E-state index in [1.807, 2.05) is 18.2 Å². The third-order valence-corrected chi connectivity index (χ3v) is 6.78. The smallest absolute Gasteiger partial charge is 0.209 e. The van der Waals surface area contributed by atoms with Gasteiger partial charge in [0.05, 0.1) is 26.0 Å². The molecule has 1 N–H and O–H groups in total. The summed E-state index contributed by atoms with van der Waals surface area (Å²) in [4.78, 5) is 7.01. The zero-order chi connectivity index (χ0) is 18.1. The van der Waals surface area contributed by atoms with E-state index in [4.69, 9.17) is 11.6 Å². The molecule has 0 aliphatic carbocycles. The second-order valence-electron chi connectivity index (χ2n) is 6.19. The molecule has 5 nitrogen and oxygen atoms in total. The SMILES string of the molecule is O=S(=O)(c1cnc2c(N3CCNCC3)cccc2c1)c1ccccc1Cl. The predicted molar refractivity (Wildman–Crippen MR) is 104 cm³/mol. The molecule has 7 heteroatoms. The van der Waals surface area contributed by atoms with Crippen LogP contribution >= 0.6 is 11.6 Å². The first-order chi connectivity index (χ1) is 12.6. The van der Waals surface area contributed by atoms with Crippen molar-refractivity contribution in [2.24, 2.45) is 0 Å². The van der Waals surface area contributed by atoms with Crippen LogP contribution in [-0.4, -0.2) is 39.6 Å². The Bertz CT molecular complexity index is 1060. The first kappa shape index (κ1) is 17.3. The molecule has 26 heavy (non-hydrogen) atoms. The van der Waals surface area contributed by atoms with Crippen LogP contribution in [0, 0.1) is 0 Å². The number of piperazine rings is 1. The molecule has 0 bridgehead atoms. The lowest BCUT2D eigenvalue weighted by Gasteiger charge is -2.30. The van der Waals surface area contributed by atoms with Gasteiger partial charge < -0.3 is 10.2 Å². The van der Waals surface area contributed by atoms with Crippen LogP contribution in [0.3, 0.4) is 0 Å². The van der Waals surface area contributed by atoms with Crippen LogP contribution in [0.2, 0.25) is 5.02 Å². The van der Waals surface area contributed by atoms with E-state index in [0.717, 1.165) is 42.8 Å². The quantitative estimate of drug-likeness (QED) is 0.748. The Morgan fingerprint density at radius 1 is 1.04 bits per heavy atom. The molecule has 0 spiro atoms. The summed E-state index contributed by atoms with van der Waals surface area (Å²) in [5.41, 5.74) is 1.85. The third-order valence-electron chi connectivity index (χ3n) is 4.56. The van der Waals surface area contributed by atoms with Gasteiger partial charge in [-0.15, -0.1) is 0 Å². The molecule has 2 heterocycles. The number of para-hydroxylation sites is 1. The Morgan fingerprint density at radius 2 is 1.81 bits per heavy atom. The molecule has 1 saturated heterocycles. The average Bonchev–Trinajstić information content (AvgIpc) is 2.68. The van der Waals surface area contributed by atoms with Crippen molar-refractivity contribution < 1.29 is 8.42 Å². The largest absolute Gasteiger partial charge is 0.367 e. The molecule has 0 amide bonds. The molecule has 1 aliphatic heterocycles. The van der Waals surface area contributed by atoms with Gasteiger partial charge in [-0.05, 0) is 24.3 Å². The number of fused-ring (bicyclic) bond motifs is 1. The van der Waals surface area contributed by atoms with E-state index in [0.29, 0.717) is 0 Å². The van der Waals surface area contributed by atoms with Crippen molar-refractivity contribution in [3.8, 4) is 0 Å². The van der Waals surface area contributed by atoms with Gasteiger partial charge >= 0.3 is 0 Å². The third kappa shape index (κ3) is 3.05. The summed E-state index contributed by atoms with van der Waals surface area (Å²) in [6.45, 7) is 3.66. The summed E-state index contributed by atoms with van der Waals surface area (Å²) in [5.74, 6) is 0. The second-order valence-corrected chi connectivity index (χ2v) is 8.52. The van der Waals surface area contributed by atoms with Crippen molar-refractivity contribution in [3.63, 3.8) is 0 Å². The minimum atomic E-state index is -3.72. The molecule has 0 radical (unpaired) electrons. The number of anilines is 1. The maximum atomic E-state index is 12.9. The van der Waals surface area contributed by atoms with E-state index in [2.05, 4.69) is 15.2 Å². The van der Waals surface area contributed by atoms with Gasteiger partial charge in [0.15, 0.2) is 0 Å². The lowest BCUT2D eigenvalue weighted by Crippen LogP contribution is -2.43. The maximum absolute atomic E-state index is 12.9. The van der Waals surface area contributed by atoms with Gasteiger partial charge in [0.1, 0.15) is 0 Å². The highest BCUT2D eigenvalue weighted by Gasteiger charge is 2.22. The number of pyridine rings is 1. The highest BCUT2D eigenvalue weighted by molar-refractivity contribution is 7.91. The number of sulfone groups is 1. The molecule has 134 valence electrons. The Hall–Kier alpha value is -2.15. The Morgan fingerprint density at radius 3 is 2.58 bits per heavy atom. The molecule has 0 saturated carbocycles. The number of hydrogen-bond acceptors (Lipinski definition) is 5. The zero-order valence-corrected chi connectivity index (χ0v) is 15.6. The lowest BCUT2D eigenvalue weighted by atomic mass is 10.1. The maximum Gasteiger partial charge on any atom is 0.209 e. The van der Waals surface area contributed by atoms with Crippen molar-refractivity contribution in [3.05, 3.63) is 59.8 Å². The number of benzene rings is 2. The normalized spacial score (nSPS) is 15.3. The summed E-state index contributed by atoms with van der Waals surface area (Å²) in [7, 11) is -3.72. The Balaban J connectivity index is 1.80. The molecule has 3 aromatic rings. The average molecular weight is 388 g/mol. The summed E-state index contributed by atoms with van der Waals surface area (Å²) >= 11 is 6.09. The second kappa shape index (κ2) is 6.87. The molecule has 1 aromatic heterocycles. The monoisotopic (exact) mass is 387 g/mol. The van der Waals surface area contributed by atoms with Gasteiger partial charge in [-0.25, -0.2) is 8.42 Å². The molecule has 2 aromatic carbocycles. The summed E-state index contributed by atoms with van der Waals surface area (Å²) < 4.78 is 25.9. The molecular formula is C19H18ClN3O2S. The van der Waals surface area contributed by atoms with Gasteiger partial charge in [-0.3, -0.25) is 4.98 Å². The molecule has 0 atom stereocenters. The zero-order valence-electron chi connectivity index (χ0n) is 14.0. The minimum absolute atomic E-state index is 0.0982. The number of nitrogens with one attached hydrogen (secondary N) is 1. The summed E-state index contributed by atoms with van der Waals surface area (Å²) in [6, 6.07) is 14.0. The van der Waals surface area contributed by atoms with Crippen LogP contribution in [0.5, 0.6) is 0 Å². The fourth-order valence-electron chi connectivity index (χ4n) is 3.22. The van der Waals surface area contributed by atoms with Gasteiger partial charge in [0, 0.05) is 37.8 Å². The topological polar surface area (TPSA) is 62.3 Å². The van der Waals surface area contributed by atoms with E-state index in [1.165, 1.54) is 12.3 Å². The predicted octanol–water partition coefficient (Wildman–Crippen LogP) is 3.13. The number of hydrogen-bond donors (Lipinski definition) is 1. The number of halogens is 1. The number of aromatic nitrogens is 1. The Kier molecular flexibility index (Phi) is 4.56. The lowest BCUT2D eigenvalue weighted by molar-refractivity contribution is 0.590. The fourth-order valence-corrected chi connectivity index (χ4v) is 4.97. The van der Waals surface area contributed by atoms with Crippen LogP contribution in [0.15, 0.2) is 64.5 Å². The number of rotatable bonds is 3. The van der Waals surface area contributed by atoms with Gasteiger partial charge in [0.2, 0.25) is 9.84 Å². The van der Waals surface area contributed by atoms with E-state index in [-0.39, 0.29) is 14.8 Å². The fraction of sp³-hybridized carbons (Fsp3) is 0.211. The summed E-state index contributed by atoms with van der Waals surface area (Å²) in [6.07, 6.45) is 1.42. The molecule has 1 fully saturated rings. The molecular weight excluding hydrogens is 370 g/mol. The molecule has 1 aliphatic rings. The van der Waals surface area contributed by atoms with E-state index >= 15 is 0 Å². The van der Waals surface area contributed by atoms with Crippen LogP contribution in [0.1, 0.15) is 0 Å². The standard InChI is InChI=1S/C19H18ClN3O2S/c20-16-5-1-2-7-18(16)26(24,25)15-12-14-4-3-6-17(19(14)22-13-15)23-10-8-21-9-11-23/h1-7,12-13,21H,8-11H2. The first-order valence-electron chi connectivity index (χ1n) is 8.41. The van der Waals surface area contributed by atoms with Crippen molar-refractivity contribution in [2.75, 3.05) is 31.1 Å². The van der Waals surface area contributed by atoms with Gasteiger partial charge in [-0.2, -0.15) is 0 Å². The van der Waals surface area contributed by atoms with Crippen molar-refractivity contribution in [1.82, 2.24) is 10.3 Å². The summed E-state index contributed by atoms with van der Waals surface area (Å²) in [5, 5.41) is 4.34. The molecule has 0 unspecified atom stereocenters. The van der Waals surface area contributed by atoms with Gasteiger partial charge in [0.25, 0.3) is 0 Å². The Labute approximate surface area is 157 Å². The number of nitrogens with zero attached hydrogens (tertiary/aromatic N) is 2. The highest BCUT2D eigenvalue weighted by Crippen LogP contribution is 2.31. The van der Waals surface area contributed by atoms with E-state index < -0.39 is 9.84 Å². The van der Waals surface area contributed by atoms with E-state index in [1.54, 1.807) is 24.3 Å². The van der Waals surface area contributed by atoms with Crippen molar-refractivity contribution in [1.29, 1.82) is 0 Å². The highest BCUT2D eigenvalue weighted by atomic mass is 35.5. The van der Waals surface area contributed by atoms with Crippen LogP contribution in [-0.2, 0) is 9.84 Å². The van der Waals surface area contributed by atoms with Gasteiger partial charge in [-0.1, -0.05) is 35.9 Å². The first-order valence-corrected chi connectivity index (χ1v) is 10.3. The van der Waals surface area contributed by atoms with Crippen LogP contribution in [0.4, 0.5) is 5.69 Å². The van der Waals surface area contributed by atoms with E-state index in [9.17, 15) is 8.42 Å². The van der Waals surface area contributed by atoms with Crippen LogP contribution in [0.25, 0.3) is 10.9 Å². The van der Waals surface area contributed by atoms with Crippen molar-refractivity contribution in [2.45, 2.75) is 9.79 Å². The minimum Gasteiger partial charge on any atom is -0.367 e. The van der Waals surface area contributed by atoms with Crippen LogP contribution < -0.4 is 10.2 Å². The molecule has 4 rings (SSSR count).